The van der Waals surface area contributed by atoms with Crippen molar-refractivity contribution in [3.63, 3.8) is 0 Å². The van der Waals surface area contributed by atoms with E-state index >= 15 is 0 Å². The van der Waals surface area contributed by atoms with Gasteiger partial charge in [0.15, 0.2) is 0 Å². The first-order valence-corrected chi connectivity index (χ1v) is 7.34. The van der Waals surface area contributed by atoms with E-state index in [1.54, 1.807) is 18.2 Å². The van der Waals surface area contributed by atoms with Gasteiger partial charge in [-0.3, -0.25) is 0 Å². The third kappa shape index (κ3) is 4.62. The minimum Gasteiger partial charge on any atom is -0.387 e. The van der Waals surface area contributed by atoms with E-state index in [0.717, 1.165) is 32.6 Å². The average molecular weight is 304 g/mol. The molecule has 1 heterocycles. The lowest BCUT2D eigenvalue weighted by Crippen LogP contribution is -2.24. The number of aliphatic hydroxyl groups is 1. The van der Waals surface area contributed by atoms with E-state index in [4.69, 9.17) is 27.9 Å². The van der Waals surface area contributed by atoms with Gasteiger partial charge in [0.2, 0.25) is 0 Å². The summed E-state index contributed by atoms with van der Waals surface area (Å²) in [5.41, 5.74) is 0.672. The molecule has 2 N–H and O–H groups in total. The molecular formula is C14H19Cl2NO2. The lowest BCUT2D eigenvalue weighted by molar-refractivity contribution is 0.171. The molecule has 0 bridgehead atoms. The molecule has 19 heavy (non-hydrogen) atoms. The summed E-state index contributed by atoms with van der Waals surface area (Å²) in [4.78, 5) is 0. The van der Waals surface area contributed by atoms with Gasteiger partial charge in [-0.1, -0.05) is 23.2 Å². The second kappa shape index (κ2) is 7.46. The van der Waals surface area contributed by atoms with Crippen molar-refractivity contribution >= 4 is 23.2 Å². The quantitative estimate of drug-likeness (QED) is 0.794. The summed E-state index contributed by atoms with van der Waals surface area (Å²) in [5.74, 6) is 0.652. The van der Waals surface area contributed by atoms with Gasteiger partial charge in [0.1, 0.15) is 0 Å². The highest BCUT2D eigenvalue weighted by Gasteiger charge is 2.16. The summed E-state index contributed by atoms with van der Waals surface area (Å²) >= 11 is 11.9. The minimum atomic E-state index is -0.633. The summed E-state index contributed by atoms with van der Waals surface area (Å²) in [6.07, 6.45) is 1.59. The van der Waals surface area contributed by atoms with Crippen LogP contribution in [0.3, 0.4) is 0 Å². The van der Waals surface area contributed by atoms with E-state index < -0.39 is 6.10 Å². The normalized spacial score (nSPS) is 20.7. The fourth-order valence-electron chi connectivity index (χ4n) is 2.24. The number of halogens is 2. The summed E-state index contributed by atoms with van der Waals surface area (Å²) in [6, 6.07) is 5.13. The molecule has 3 nitrogen and oxygen atoms in total. The number of aliphatic hydroxyl groups excluding tert-OH is 1. The Balaban J connectivity index is 1.74. The molecule has 1 aliphatic rings. The summed E-state index contributed by atoms with van der Waals surface area (Å²) in [7, 11) is 0. The minimum absolute atomic E-state index is 0.480. The van der Waals surface area contributed by atoms with Crippen LogP contribution in [-0.4, -0.2) is 31.4 Å². The predicted molar refractivity (Wildman–Crippen MR) is 77.8 cm³/mol. The Morgan fingerprint density at radius 1 is 1.42 bits per heavy atom. The zero-order chi connectivity index (χ0) is 13.7. The SMILES string of the molecule is OC(CNCCC1CCOC1)c1cc(Cl)ccc1Cl. The molecule has 0 saturated carbocycles. The van der Waals surface area contributed by atoms with E-state index in [-0.39, 0.29) is 0 Å². The van der Waals surface area contributed by atoms with Crippen molar-refractivity contribution in [3.8, 4) is 0 Å². The van der Waals surface area contributed by atoms with Crippen molar-refractivity contribution in [1.29, 1.82) is 0 Å². The molecule has 106 valence electrons. The van der Waals surface area contributed by atoms with Crippen LogP contribution in [-0.2, 0) is 4.74 Å². The molecule has 1 aromatic carbocycles. The number of hydrogen-bond donors (Lipinski definition) is 2. The number of hydrogen-bond acceptors (Lipinski definition) is 3. The maximum absolute atomic E-state index is 10.1. The van der Waals surface area contributed by atoms with Gasteiger partial charge >= 0.3 is 0 Å². The Morgan fingerprint density at radius 2 is 2.26 bits per heavy atom. The molecule has 0 aromatic heterocycles. The van der Waals surface area contributed by atoms with Gasteiger partial charge in [0, 0.05) is 35.4 Å². The molecule has 0 amide bonds. The Bertz CT molecular complexity index is 408. The van der Waals surface area contributed by atoms with E-state index in [0.29, 0.717) is 28.1 Å². The van der Waals surface area contributed by atoms with Crippen LogP contribution in [0, 0.1) is 5.92 Å². The van der Waals surface area contributed by atoms with Crippen LogP contribution in [0.2, 0.25) is 10.0 Å². The van der Waals surface area contributed by atoms with Crippen LogP contribution in [0.5, 0.6) is 0 Å². The van der Waals surface area contributed by atoms with Crippen molar-refractivity contribution in [1.82, 2.24) is 5.32 Å². The molecule has 5 heteroatoms. The summed E-state index contributed by atoms with van der Waals surface area (Å²) in [5, 5.41) is 14.5. The molecule has 2 rings (SSSR count). The van der Waals surface area contributed by atoms with E-state index in [9.17, 15) is 5.11 Å². The largest absolute Gasteiger partial charge is 0.387 e. The van der Waals surface area contributed by atoms with Gasteiger partial charge in [0.05, 0.1) is 6.10 Å². The molecule has 1 fully saturated rings. The second-order valence-corrected chi connectivity index (χ2v) is 5.75. The topological polar surface area (TPSA) is 41.5 Å². The highest BCUT2D eigenvalue weighted by atomic mass is 35.5. The van der Waals surface area contributed by atoms with E-state index in [1.807, 2.05) is 0 Å². The Hall–Kier alpha value is -0.320. The van der Waals surface area contributed by atoms with Gasteiger partial charge in [0.25, 0.3) is 0 Å². The maximum atomic E-state index is 10.1. The van der Waals surface area contributed by atoms with Crippen LogP contribution in [0.25, 0.3) is 0 Å². The number of nitrogens with one attached hydrogen (secondary N) is 1. The number of rotatable bonds is 6. The monoisotopic (exact) mass is 303 g/mol. The van der Waals surface area contributed by atoms with Gasteiger partial charge in [-0.15, -0.1) is 0 Å². The highest BCUT2D eigenvalue weighted by molar-refractivity contribution is 6.33. The molecule has 2 unspecified atom stereocenters. The molecule has 1 aliphatic heterocycles. The van der Waals surface area contributed by atoms with Crippen molar-refractivity contribution in [3.05, 3.63) is 33.8 Å². The molecule has 1 aromatic rings. The van der Waals surface area contributed by atoms with Gasteiger partial charge in [-0.25, -0.2) is 0 Å². The molecule has 1 saturated heterocycles. The lowest BCUT2D eigenvalue weighted by Gasteiger charge is -2.15. The fraction of sp³-hybridized carbons (Fsp3) is 0.571. The first-order valence-electron chi connectivity index (χ1n) is 6.58. The van der Waals surface area contributed by atoms with Gasteiger partial charge in [-0.2, -0.15) is 0 Å². The van der Waals surface area contributed by atoms with Crippen LogP contribution in [0.1, 0.15) is 24.5 Å². The smallest absolute Gasteiger partial charge is 0.0929 e. The molecule has 0 radical (unpaired) electrons. The molecule has 0 aliphatic carbocycles. The Morgan fingerprint density at radius 3 is 3.00 bits per heavy atom. The predicted octanol–water partition coefficient (Wildman–Crippen LogP) is 3.04. The number of benzene rings is 1. The molecular weight excluding hydrogens is 285 g/mol. The van der Waals surface area contributed by atoms with Crippen LogP contribution in [0.4, 0.5) is 0 Å². The molecule has 0 spiro atoms. The van der Waals surface area contributed by atoms with Crippen molar-refractivity contribution < 1.29 is 9.84 Å². The molecule has 2 atom stereocenters. The van der Waals surface area contributed by atoms with Crippen molar-refractivity contribution in [2.24, 2.45) is 5.92 Å². The second-order valence-electron chi connectivity index (χ2n) is 4.90. The number of ether oxygens (including phenoxy) is 1. The van der Waals surface area contributed by atoms with Gasteiger partial charge in [-0.05, 0) is 43.5 Å². The Kier molecular flexibility index (Phi) is 5.92. The Labute approximate surface area is 123 Å². The van der Waals surface area contributed by atoms with Crippen LogP contribution >= 0.6 is 23.2 Å². The zero-order valence-corrected chi connectivity index (χ0v) is 12.3. The van der Waals surface area contributed by atoms with Crippen molar-refractivity contribution in [2.45, 2.75) is 18.9 Å². The first-order chi connectivity index (χ1) is 9.16. The van der Waals surface area contributed by atoms with E-state index in [1.165, 1.54) is 0 Å². The van der Waals surface area contributed by atoms with Crippen LogP contribution < -0.4 is 5.32 Å². The third-order valence-electron chi connectivity index (χ3n) is 3.41. The maximum Gasteiger partial charge on any atom is 0.0929 e. The summed E-state index contributed by atoms with van der Waals surface area (Å²) in [6.45, 7) is 3.10. The van der Waals surface area contributed by atoms with Crippen molar-refractivity contribution in [2.75, 3.05) is 26.3 Å². The fourth-order valence-corrected chi connectivity index (χ4v) is 2.66. The lowest BCUT2D eigenvalue weighted by atomic mass is 10.1. The zero-order valence-electron chi connectivity index (χ0n) is 10.7. The van der Waals surface area contributed by atoms with Crippen LogP contribution in [0.15, 0.2) is 18.2 Å². The van der Waals surface area contributed by atoms with Gasteiger partial charge < -0.3 is 15.2 Å². The van der Waals surface area contributed by atoms with E-state index in [2.05, 4.69) is 5.32 Å². The summed E-state index contributed by atoms with van der Waals surface area (Å²) < 4.78 is 5.32. The highest BCUT2D eigenvalue weighted by Crippen LogP contribution is 2.26. The average Bonchev–Trinajstić information content (AvgIpc) is 2.90. The first kappa shape index (κ1) is 15.1. The standard InChI is InChI=1S/C14H19Cl2NO2/c15-11-1-2-13(16)12(7-11)14(18)8-17-5-3-10-4-6-19-9-10/h1-2,7,10,14,17-18H,3-6,8-9H2. The third-order valence-corrected chi connectivity index (χ3v) is 3.99.